The topological polar surface area (TPSA) is 64.4 Å². The number of benzene rings is 1. The fourth-order valence-corrected chi connectivity index (χ4v) is 1.92. The van der Waals surface area contributed by atoms with E-state index in [2.05, 4.69) is 10.5 Å². The van der Waals surface area contributed by atoms with E-state index in [4.69, 9.17) is 9.26 Å². The Morgan fingerprint density at radius 3 is 2.55 bits per heavy atom. The number of hydrogen-bond donors (Lipinski definition) is 1. The molecule has 1 N–H and O–H groups in total. The third kappa shape index (κ3) is 3.38. The van der Waals surface area contributed by atoms with Gasteiger partial charge in [-0.2, -0.15) is 0 Å². The Bertz CT molecular complexity index is 568. The molecule has 1 heterocycles. The highest BCUT2D eigenvalue weighted by Crippen LogP contribution is 2.13. The molecule has 2 aromatic rings. The van der Waals surface area contributed by atoms with Gasteiger partial charge in [0.05, 0.1) is 19.2 Å². The van der Waals surface area contributed by atoms with E-state index in [9.17, 15) is 4.79 Å². The largest absolute Gasteiger partial charge is 0.497 e. The summed E-state index contributed by atoms with van der Waals surface area (Å²) >= 11 is 0. The van der Waals surface area contributed by atoms with Crippen LogP contribution < -0.4 is 10.1 Å². The molecule has 1 aromatic carbocycles. The Balaban J connectivity index is 1.89. The summed E-state index contributed by atoms with van der Waals surface area (Å²) in [7, 11) is 1.63. The minimum absolute atomic E-state index is 0.0461. The lowest BCUT2D eigenvalue weighted by Crippen LogP contribution is -2.24. The number of carbonyl (C=O) groups excluding carboxylic acids is 1. The van der Waals surface area contributed by atoms with Crippen LogP contribution in [0.5, 0.6) is 5.75 Å². The molecule has 0 unspecified atom stereocenters. The second-order valence-corrected chi connectivity index (χ2v) is 4.60. The standard InChI is InChI=1S/C15H18N2O3/c1-10-14(11(2)20-17-10)8-15(18)16-9-12-4-6-13(19-3)7-5-12/h4-7H,8-9H2,1-3H3,(H,16,18). The first kappa shape index (κ1) is 14.1. The number of hydrogen-bond acceptors (Lipinski definition) is 4. The molecule has 106 valence electrons. The first-order valence-electron chi connectivity index (χ1n) is 6.41. The van der Waals surface area contributed by atoms with Gasteiger partial charge in [-0.3, -0.25) is 4.79 Å². The highest BCUT2D eigenvalue weighted by Gasteiger charge is 2.13. The fourth-order valence-electron chi connectivity index (χ4n) is 1.92. The van der Waals surface area contributed by atoms with E-state index in [0.717, 1.165) is 22.6 Å². The maximum atomic E-state index is 11.9. The summed E-state index contributed by atoms with van der Waals surface area (Å²) in [6.45, 7) is 4.14. The van der Waals surface area contributed by atoms with E-state index in [-0.39, 0.29) is 12.3 Å². The molecule has 20 heavy (non-hydrogen) atoms. The minimum atomic E-state index is -0.0461. The number of amides is 1. The van der Waals surface area contributed by atoms with E-state index in [0.29, 0.717) is 12.3 Å². The summed E-state index contributed by atoms with van der Waals surface area (Å²) in [5, 5.41) is 6.72. The van der Waals surface area contributed by atoms with Crippen molar-refractivity contribution in [3.8, 4) is 5.75 Å². The second-order valence-electron chi connectivity index (χ2n) is 4.60. The number of aryl methyl sites for hydroxylation is 2. The predicted molar refractivity (Wildman–Crippen MR) is 74.5 cm³/mol. The molecule has 0 fully saturated rings. The van der Waals surface area contributed by atoms with Crippen LogP contribution in [0.1, 0.15) is 22.6 Å². The molecule has 5 heteroatoms. The van der Waals surface area contributed by atoms with Crippen LogP contribution >= 0.6 is 0 Å². The van der Waals surface area contributed by atoms with Crippen LogP contribution in [0.15, 0.2) is 28.8 Å². The van der Waals surface area contributed by atoms with Crippen LogP contribution in [0.25, 0.3) is 0 Å². The van der Waals surface area contributed by atoms with Crippen molar-refractivity contribution in [3.05, 3.63) is 46.8 Å². The van der Waals surface area contributed by atoms with E-state index >= 15 is 0 Å². The Labute approximate surface area is 117 Å². The Morgan fingerprint density at radius 2 is 2.00 bits per heavy atom. The molecule has 0 bridgehead atoms. The Morgan fingerprint density at radius 1 is 1.30 bits per heavy atom. The average Bonchev–Trinajstić information content (AvgIpc) is 2.77. The number of rotatable bonds is 5. The molecule has 2 rings (SSSR count). The van der Waals surface area contributed by atoms with Crippen LogP contribution in [0.3, 0.4) is 0 Å². The minimum Gasteiger partial charge on any atom is -0.497 e. The van der Waals surface area contributed by atoms with E-state index < -0.39 is 0 Å². The lowest BCUT2D eigenvalue weighted by molar-refractivity contribution is -0.120. The van der Waals surface area contributed by atoms with Crippen molar-refractivity contribution in [2.45, 2.75) is 26.8 Å². The van der Waals surface area contributed by atoms with Gasteiger partial charge in [0, 0.05) is 12.1 Å². The van der Waals surface area contributed by atoms with Gasteiger partial charge in [0.15, 0.2) is 0 Å². The summed E-state index contributed by atoms with van der Waals surface area (Å²) in [6.07, 6.45) is 0.289. The van der Waals surface area contributed by atoms with Crippen LogP contribution in [-0.2, 0) is 17.8 Å². The maximum absolute atomic E-state index is 11.9. The molecule has 0 aliphatic rings. The van der Waals surface area contributed by atoms with Gasteiger partial charge in [-0.1, -0.05) is 17.3 Å². The molecule has 0 atom stereocenters. The Hall–Kier alpha value is -2.30. The van der Waals surface area contributed by atoms with Crippen molar-refractivity contribution in [2.24, 2.45) is 0 Å². The zero-order valence-electron chi connectivity index (χ0n) is 11.9. The summed E-state index contributed by atoms with van der Waals surface area (Å²) in [6, 6.07) is 7.59. The molecule has 0 saturated carbocycles. The van der Waals surface area contributed by atoms with E-state index in [1.807, 2.05) is 38.1 Å². The lowest BCUT2D eigenvalue weighted by atomic mass is 10.1. The van der Waals surface area contributed by atoms with Crippen LogP contribution in [0, 0.1) is 13.8 Å². The molecule has 1 amide bonds. The van der Waals surface area contributed by atoms with Crippen molar-refractivity contribution >= 4 is 5.91 Å². The third-order valence-electron chi connectivity index (χ3n) is 3.17. The highest BCUT2D eigenvalue weighted by atomic mass is 16.5. The van der Waals surface area contributed by atoms with Gasteiger partial charge >= 0.3 is 0 Å². The summed E-state index contributed by atoms with van der Waals surface area (Å²) in [4.78, 5) is 11.9. The van der Waals surface area contributed by atoms with Gasteiger partial charge in [0.2, 0.25) is 5.91 Å². The first-order valence-corrected chi connectivity index (χ1v) is 6.41. The number of methoxy groups -OCH3 is 1. The quantitative estimate of drug-likeness (QED) is 0.907. The normalized spacial score (nSPS) is 10.3. The van der Waals surface area contributed by atoms with Crippen LogP contribution in [0.4, 0.5) is 0 Å². The SMILES string of the molecule is COc1ccc(CNC(=O)Cc2c(C)noc2C)cc1. The molecule has 5 nitrogen and oxygen atoms in total. The zero-order valence-corrected chi connectivity index (χ0v) is 11.9. The molecule has 0 aliphatic carbocycles. The molecule has 0 aliphatic heterocycles. The third-order valence-corrected chi connectivity index (χ3v) is 3.17. The van der Waals surface area contributed by atoms with Gasteiger partial charge in [0.1, 0.15) is 11.5 Å². The maximum Gasteiger partial charge on any atom is 0.224 e. The average molecular weight is 274 g/mol. The molecule has 1 aromatic heterocycles. The number of carbonyl (C=O) groups is 1. The van der Waals surface area contributed by atoms with Crippen molar-refractivity contribution in [3.63, 3.8) is 0 Å². The van der Waals surface area contributed by atoms with Crippen molar-refractivity contribution < 1.29 is 14.1 Å². The van der Waals surface area contributed by atoms with Gasteiger partial charge < -0.3 is 14.6 Å². The van der Waals surface area contributed by atoms with Crippen LogP contribution in [-0.4, -0.2) is 18.2 Å². The monoisotopic (exact) mass is 274 g/mol. The molecule has 0 spiro atoms. The summed E-state index contributed by atoms with van der Waals surface area (Å²) in [5.41, 5.74) is 2.65. The number of nitrogens with zero attached hydrogens (tertiary/aromatic N) is 1. The fraction of sp³-hybridized carbons (Fsp3) is 0.333. The molecular formula is C15H18N2O3. The van der Waals surface area contributed by atoms with Gasteiger partial charge in [-0.25, -0.2) is 0 Å². The molecular weight excluding hydrogens is 256 g/mol. The van der Waals surface area contributed by atoms with Crippen molar-refractivity contribution in [2.75, 3.05) is 7.11 Å². The van der Waals surface area contributed by atoms with Gasteiger partial charge in [-0.15, -0.1) is 0 Å². The van der Waals surface area contributed by atoms with E-state index in [1.165, 1.54) is 0 Å². The van der Waals surface area contributed by atoms with Crippen molar-refractivity contribution in [1.29, 1.82) is 0 Å². The number of aromatic nitrogens is 1. The first-order chi connectivity index (χ1) is 9.60. The summed E-state index contributed by atoms with van der Waals surface area (Å²) < 4.78 is 10.1. The lowest BCUT2D eigenvalue weighted by Gasteiger charge is -2.06. The highest BCUT2D eigenvalue weighted by molar-refractivity contribution is 5.78. The van der Waals surface area contributed by atoms with Crippen molar-refractivity contribution in [1.82, 2.24) is 10.5 Å². The zero-order chi connectivity index (χ0) is 14.5. The van der Waals surface area contributed by atoms with Crippen LogP contribution in [0.2, 0.25) is 0 Å². The number of ether oxygens (including phenoxy) is 1. The molecule has 0 radical (unpaired) electrons. The molecule has 0 saturated heterocycles. The number of nitrogens with one attached hydrogen (secondary N) is 1. The van der Waals surface area contributed by atoms with E-state index in [1.54, 1.807) is 7.11 Å². The second kappa shape index (κ2) is 6.23. The van der Waals surface area contributed by atoms with Gasteiger partial charge in [0.25, 0.3) is 0 Å². The smallest absolute Gasteiger partial charge is 0.224 e. The van der Waals surface area contributed by atoms with Gasteiger partial charge in [-0.05, 0) is 31.5 Å². The predicted octanol–water partition coefficient (Wildman–Crippen LogP) is 2.16. The summed E-state index contributed by atoms with van der Waals surface area (Å²) in [5.74, 6) is 1.45. The Kier molecular flexibility index (Phi) is 4.40.